The van der Waals surface area contributed by atoms with E-state index >= 15 is 0 Å². The molecule has 0 unspecified atom stereocenters. The van der Waals surface area contributed by atoms with Crippen molar-refractivity contribution in [3.8, 4) is 0 Å². The molecule has 0 spiro atoms. The Bertz CT molecular complexity index is 623. The van der Waals surface area contributed by atoms with Crippen LogP contribution in [0.25, 0.3) is 0 Å². The van der Waals surface area contributed by atoms with Crippen LogP contribution in [0.5, 0.6) is 0 Å². The molecule has 0 heterocycles. The van der Waals surface area contributed by atoms with Gasteiger partial charge in [0.05, 0.1) is 0 Å². The summed E-state index contributed by atoms with van der Waals surface area (Å²) in [5.74, 6) is -0.401. The lowest BCUT2D eigenvalue weighted by Crippen LogP contribution is -2.48. The third-order valence-electron chi connectivity index (χ3n) is 3.50. The van der Waals surface area contributed by atoms with Crippen molar-refractivity contribution in [2.75, 3.05) is 13.3 Å². The van der Waals surface area contributed by atoms with E-state index in [1.807, 2.05) is 25.1 Å². The summed E-state index contributed by atoms with van der Waals surface area (Å²) in [4.78, 5) is 13.8. The summed E-state index contributed by atoms with van der Waals surface area (Å²) in [6.45, 7) is 5.22. The third kappa shape index (κ3) is 3.61. The van der Waals surface area contributed by atoms with Crippen LogP contribution < -0.4 is 0 Å². The number of benzene rings is 1. The maximum absolute atomic E-state index is 12.3. The average molecular weight is 362 g/mol. The number of nitrogens with zero attached hydrogens (tertiary/aromatic N) is 1. The lowest BCUT2D eigenvalue weighted by atomic mass is 10.1. The number of sulfone groups is 1. The Morgan fingerprint density at radius 2 is 1.90 bits per heavy atom. The first-order chi connectivity index (χ1) is 8.96. The van der Waals surface area contributed by atoms with E-state index in [0.717, 1.165) is 21.9 Å². The van der Waals surface area contributed by atoms with Gasteiger partial charge < -0.3 is 4.90 Å². The zero-order chi connectivity index (χ0) is 15.7. The van der Waals surface area contributed by atoms with E-state index in [1.165, 1.54) is 18.7 Å². The number of halogens is 1. The molecule has 0 aliphatic carbocycles. The molecule has 1 aromatic rings. The molecule has 1 rings (SSSR count). The molecule has 20 heavy (non-hydrogen) atoms. The van der Waals surface area contributed by atoms with Gasteiger partial charge in [-0.25, -0.2) is 8.42 Å². The van der Waals surface area contributed by atoms with Crippen LogP contribution >= 0.6 is 15.9 Å². The van der Waals surface area contributed by atoms with E-state index in [1.54, 1.807) is 7.05 Å². The predicted octanol–water partition coefficient (Wildman–Crippen LogP) is 2.54. The van der Waals surface area contributed by atoms with E-state index in [2.05, 4.69) is 15.9 Å². The maximum atomic E-state index is 12.3. The monoisotopic (exact) mass is 361 g/mol. The maximum Gasteiger partial charge on any atom is 0.243 e. The Balaban J connectivity index is 2.97. The van der Waals surface area contributed by atoms with Gasteiger partial charge in [-0.1, -0.05) is 22.0 Å². The fourth-order valence-electron chi connectivity index (χ4n) is 1.78. The van der Waals surface area contributed by atoms with Crippen LogP contribution in [-0.4, -0.2) is 37.3 Å². The number of hydrogen-bond acceptors (Lipinski definition) is 3. The molecule has 0 bridgehead atoms. The topological polar surface area (TPSA) is 54.5 Å². The fraction of sp³-hybridized carbons (Fsp3) is 0.500. The van der Waals surface area contributed by atoms with Crippen LogP contribution in [0.1, 0.15) is 25.0 Å². The Morgan fingerprint density at radius 1 is 1.35 bits per heavy atom. The summed E-state index contributed by atoms with van der Waals surface area (Å²) in [6, 6.07) is 5.80. The molecule has 0 saturated heterocycles. The molecule has 0 N–H and O–H groups in total. The second kappa shape index (κ2) is 5.85. The molecular weight excluding hydrogens is 342 g/mol. The summed E-state index contributed by atoms with van der Waals surface area (Å²) in [5, 5.41) is 0. The highest BCUT2D eigenvalue weighted by Gasteiger charge is 2.40. The van der Waals surface area contributed by atoms with Gasteiger partial charge in [0.1, 0.15) is 4.75 Å². The molecule has 112 valence electrons. The summed E-state index contributed by atoms with van der Waals surface area (Å²) < 4.78 is 23.0. The summed E-state index contributed by atoms with van der Waals surface area (Å²) in [7, 11) is -1.83. The van der Waals surface area contributed by atoms with Gasteiger partial charge in [-0.3, -0.25) is 4.79 Å². The fourth-order valence-corrected chi connectivity index (χ4v) is 2.73. The first-order valence-corrected chi connectivity index (χ1v) is 8.85. The van der Waals surface area contributed by atoms with Crippen molar-refractivity contribution in [3.05, 3.63) is 33.8 Å². The molecular formula is C14H20BrNO3S. The highest BCUT2D eigenvalue weighted by Crippen LogP contribution is 2.21. The molecule has 1 aromatic carbocycles. The third-order valence-corrected chi connectivity index (χ3v) is 6.02. The molecule has 4 nitrogen and oxygen atoms in total. The van der Waals surface area contributed by atoms with Gasteiger partial charge in [0.15, 0.2) is 9.84 Å². The number of carbonyl (C=O) groups is 1. The zero-order valence-electron chi connectivity index (χ0n) is 12.4. The van der Waals surface area contributed by atoms with Crippen molar-refractivity contribution in [1.82, 2.24) is 4.90 Å². The van der Waals surface area contributed by atoms with Gasteiger partial charge in [-0.2, -0.15) is 0 Å². The predicted molar refractivity (Wildman–Crippen MR) is 84.3 cm³/mol. The SMILES string of the molecule is Cc1cc(Br)ccc1CN(C)C(=O)C(C)(C)S(C)(=O)=O. The number of rotatable bonds is 4. The number of carbonyl (C=O) groups excluding carboxylic acids is 1. The van der Waals surface area contributed by atoms with Crippen LogP contribution in [0.2, 0.25) is 0 Å². The summed E-state index contributed by atoms with van der Waals surface area (Å²) in [5.41, 5.74) is 2.05. The van der Waals surface area contributed by atoms with E-state index in [4.69, 9.17) is 0 Å². The van der Waals surface area contributed by atoms with Crippen molar-refractivity contribution < 1.29 is 13.2 Å². The molecule has 0 aliphatic rings. The van der Waals surface area contributed by atoms with Gasteiger partial charge in [0.2, 0.25) is 5.91 Å². The van der Waals surface area contributed by atoms with E-state index in [9.17, 15) is 13.2 Å². The second-order valence-electron chi connectivity index (χ2n) is 5.51. The molecule has 6 heteroatoms. The quantitative estimate of drug-likeness (QED) is 0.827. The van der Waals surface area contributed by atoms with Gasteiger partial charge in [-0.15, -0.1) is 0 Å². The normalized spacial score (nSPS) is 12.3. The lowest BCUT2D eigenvalue weighted by Gasteiger charge is -2.28. The summed E-state index contributed by atoms with van der Waals surface area (Å²) >= 11 is 3.39. The minimum absolute atomic E-state index is 0.386. The standard InChI is InChI=1S/C14H20BrNO3S/c1-10-8-12(15)7-6-11(10)9-16(4)13(17)14(2,3)20(5,18)19/h6-8H,9H2,1-5H3. The molecule has 0 fully saturated rings. The Labute approximate surface area is 129 Å². The van der Waals surface area contributed by atoms with Crippen molar-refractivity contribution >= 4 is 31.7 Å². The van der Waals surface area contributed by atoms with Crippen molar-refractivity contribution in [2.24, 2.45) is 0 Å². The molecule has 0 radical (unpaired) electrons. The summed E-state index contributed by atoms with van der Waals surface area (Å²) in [6.07, 6.45) is 1.09. The van der Waals surface area contributed by atoms with Gasteiger partial charge in [0.25, 0.3) is 0 Å². The highest BCUT2D eigenvalue weighted by atomic mass is 79.9. The minimum atomic E-state index is -3.45. The molecule has 0 atom stereocenters. The van der Waals surface area contributed by atoms with E-state index in [-0.39, 0.29) is 0 Å². The van der Waals surface area contributed by atoms with Gasteiger partial charge in [0, 0.05) is 24.3 Å². The zero-order valence-corrected chi connectivity index (χ0v) is 14.8. The second-order valence-corrected chi connectivity index (χ2v) is 9.00. The van der Waals surface area contributed by atoms with Crippen molar-refractivity contribution in [1.29, 1.82) is 0 Å². The Morgan fingerprint density at radius 3 is 2.35 bits per heavy atom. The smallest absolute Gasteiger partial charge is 0.243 e. The Kier molecular flexibility index (Phi) is 5.03. The van der Waals surface area contributed by atoms with Crippen LogP contribution in [0, 0.1) is 6.92 Å². The van der Waals surface area contributed by atoms with Crippen LogP contribution in [-0.2, 0) is 21.2 Å². The van der Waals surface area contributed by atoms with Gasteiger partial charge in [-0.05, 0) is 44.0 Å². The highest BCUT2D eigenvalue weighted by molar-refractivity contribution is 9.10. The van der Waals surface area contributed by atoms with E-state index in [0.29, 0.717) is 6.54 Å². The van der Waals surface area contributed by atoms with E-state index < -0.39 is 20.5 Å². The molecule has 1 amide bonds. The van der Waals surface area contributed by atoms with Crippen LogP contribution in [0.15, 0.2) is 22.7 Å². The molecule has 0 aromatic heterocycles. The largest absolute Gasteiger partial charge is 0.340 e. The minimum Gasteiger partial charge on any atom is -0.340 e. The van der Waals surface area contributed by atoms with Gasteiger partial charge >= 0.3 is 0 Å². The molecule has 0 saturated carbocycles. The first-order valence-electron chi connectivity index (χ1n) is 6.17. The van der Waals surface area contributed by atoms with Crippen LogP contribution in [0.3, 0.4) is 0 Å². The average Bonchev–Trinajstić information content (AvgIpc) is 2.30. The lowest BCUT2D eigenvalue weighted by molar-refractivity contribution is -0.132. The number of amides is 1. The molecule has 0 aliphatic heterocycles. The number of hydrogen-bond donors (Lipinski definition) is 0. The van der Waals surface area contributed by atoms with Crippen LogP contribution in [0.4, 0.5) is 0 Å². The number of aryl methyl sites for hydroxylation is 1. The van der Waals surface area contributed by atoms with Crippen molar-refractivity contribution in [2.45, 2.75) is 32.1 Å². The van der Waals surface area contributed by atoms with Crippen molar-refractivity contribution in [3.63, 3.8) is 0 Å². The first kappa shape index (κ1) is 17.2. The Hall–Kier alpha value is -0.880.